The van der Waals surface area contributed by atoms with E-state index in [1.807, 2.05) is 31.2 Å². The number of hydrogen-bond donors (Lipinski definition) is 2. The maximum Gasteiger partial charge on any atom is 0.323 e. The Hall–Kier alpha value is -2.56. The molecule has 0 atom stereocenters. The molecule has 0 unspecified atom stereocenters. The first-order chi connectivity index (χ1) is 11.3. The lowest BCUT2D eigenvalue weighted by Crippen LogP contribution is -2.32. The van der Waals surface area contributed by atoms with Crippen LogP contribution in [-0.2, 0) is 5.41 Å². The van der Waals surface area contributed by atoms with E-state index in [4.69, 9.17) is 4.74 Å². The number of anilines is 1. The van der Waals surface area contributed by atoms with Crippen LogP contribution in [-0.4, -0.2) is 17.7 Å². The molecule has 0 spiro atoms. The summed E-state index contributed by atoms with van der Waals surface area (Å²) in [4.78, 5) is 16.1. The third kappa shape index (κ3) is 4.98. The monoisotopic (exact) mass is 327 g/mol. The zero-order valence-electron chi connectivity index (χ0n) is 14.9. The molecule has 0 aliphatic carbocycles. The smallest absolute Gasteiger partial charge is 0.323 e. The van der Waals surface area contributed by atoms with Crippen molar-refractivity contribution >= 4 is 11.8 Å². The number of urea groups is 1. The number of carbonyl (C=O) groups is 1. The molecule has 128 valence electrons. The Morgan fingerprint density at radius 1 is 1.17 bits per heavy atom. The van der Waals surface area contributed by atoms with E-state index in [1.54, 1.807) is 6.07 Å². The number of amides is 2. The fourth-order valence-corrected chi connectivity index (χ4v) is 2.31. The molecule has 0 aliphatic heterocycles. The second-order valence-corrected chi connectivity index (χ2v) is 6.83. The highest BCUT2D eigenvalue weighted by Gasteiger charge is 2.19. The maximum absolute atomic E-state index is 11.9. The van der Waals surface area contributed by atoms with Gasteiger partial charge in [0.1, 0.15) is 11.6 Å². The molecule has 0 fully saturated rings. The average molecular weight is 327 g/mol. The SMILES string of the molecule is Cc1ccc(OCNC(=O)Nc2cccc(C)n2)c(C(C)(C)C)c1. The van der Waals surface area contributed by atoms with Gasteiger partial charge < -0.3 is 10.1 Å². The van der Waals surface area contributed by atoms with E-state index in [-0.39, 0.29) is 18.2 Å². The standard InChI is InChI=1S/C19H25N3O2/c1-13-9-10-16(15(11-13)19(3,4)5)24-12-20-18(23)22-17-8-6-7-14(2)21-17/h6-11H,12H2,1-5H3,(H2,20,21,22,23). The summed E-state index contributed by atoms with van der Waals surface area (Å²) in [5.74, 6) is 1.29. The predicted molar refractivity (Wildman–Crippen MR) is 96.5 cm³/mol. The second-order valence-electron chi connectivity index (χ2n) is 6.83. The Bertz CT molecular complexity index is 721. The summed E-state index contributed by atoms with van der Waals surface area (Å²) in [5, 5.41) is 5.36. The minimum Gasteiger partial charge on any atom is -0.473 e. The van der Waals surface area contributed by atoms with Gasteiger partial charge in [-0.25, -0.2) is 9.78 Å². The molecule has 0 radical (unpaired) electrons. The first-order valence-corrected chi connectivity index (χ1v) is 7.98. The van der Waals surface area contributed by atoms with Gasteiger partial charge >= 0.3 is 6.03 Å². The minimum atomic E-state index is -0.350. The molecule has 2 aromatic rings. The first-order valence-electron chi connectivity index (χ1n) is 7.98. The number of hydrogen-bond acceptors (Lipinski definition) is 3. The van der Waals surface area contributed by atoms with Crippen molar-refractivity contribution in [1.29, 1.82) is 0 Å². The van der Waals surface area contributed by atoms with E-state index >= 15 is 0 Å². The number of nitrogens with zero attached hydrogens (tertiary/aromatic N) is 1. The quantitative estimate of drug-likeness (QED) is 0.829. The molecule has 2 amide bonds. The van der Waals surface area contributed by atoms with Gasteiger partial charge in [-0.2, -0.15) is 0 Å². The molecule has 5 nitrogen and oxygen atoms in total. The number of nitrogens with one attached hydrogen (secondary N) is 2. The van der Waals surface area contributed by atoms with Crippen LogP contribution in [0.3, 0.4) is 0 Å². The van der Waals surface area contributed by atoms with E-state index in [1.165, 1.54) is 5.56 Å². The van der Waals surface area contributed by atoms with Gasteiger partial charge in [-0.3, -0.25) is 5.32 Å². The highest BCUT2D eigenvalue weighted by molar-refractivity contribution is 5.88. The van der Waals surface area contributed by atoms with Crippen LogP contribution < -0.4 is 15.4 Å². The van der Waals surface area contributed by atoms with Crippen molar-refractivity contribution < 1.29 is 9.53 Å². The molecule has 5 heteroatoms. The molecule has 0 saturated heterocycles. The highest BCUT2D eigenvalue weighted by Crippen LogP contribution is 2.31. The van der Waals surface area contributed by atoms with E-state index in [9.17, 15) is 4.79 Å². The molecule has 24 heavy (non-hydrogen) atoms. The molecule has 2 rings (SSSR count). The van der Waals surface area contributed by atoms with E-state index < -0.39 is 0 Å². The summed E-state index contributed by atoms with van der Waals surface area (Å²) in [6.45, 7) is 10.4. The summed E-state index contributed by atoms with van der Waals surface area (Å²) < 4.78 is 5.76. The topological polar surface area (TPSA) is 63.2 Å². The molecule has 2 N–H and O–H groups in total. The van der Waals surface area contributed by atoms with Crippen LogP contribution in [0.5, 0.6) is 5.75 Å². The zero-order chi connectivity index (χ0) is 17.7. The van der Waals surface area contributed by atoms with Crippen molar-refractivity contribution in [3.8, 4) is 5.75 Å². The van der Waals surface area contributed by atoms with Gasteiger partial charge in [0.05, 0.1) is 0 Å². The van der Waals surface area contributed by atoms with E-state index in [2.05, 4.69) is 49.4 Å². The molecule has 1 aromatic heterocycles. The van der Waals surface area contributed by atoms with E-state index in [0.717, 1.165) is 17.0 Å². The normalized spacial score (nSPS) is 11.0. The lowest BCUT2D eigenvalue weighted by molar-refractivity contribution is 0.233. The first kappa shape index (κ1) is 17.8. The van der Waals surface area contributed by atoms with Crippen LogP contribution >= 0.6 is 0 Å². The fraction of sp³-hybridized carbons (Fsp3) is 0.368. The fourth-order valence-electron chi connectivity index (χ4n) is 2.31. The van der Waals surface area contributed by atoms with Gasteiger partial charge in [-0.05, 0) is 43.0 Å². The van der Waals surface area contributed by atoms with Crippen LogP contribution in [0.25, 0.3) is 0 Å². The largest absolute Gasteiger partial charge is 0.473 e. The molecule has 0 aliphatic rings. The summed E-state index contributed by atoms with van der Waals surface area (Å²) in [6.07, 6.45) is 0. The number of benzene rings is 1. The van der Waals surface area contributed by atoms with Gasteiger partial charge in [0.25, 0.3) is 0 Å². The second kappa shape index (κ2) is 7.34. The molecule has 0 bridgehead atoms. The molecule has 1 aromatic carbocycles. The highest BCUT2D eigenvalue weighted by atomic mass is 16.5. The Morgan fingerprint density at radius 2 is 1.92 bits per heavy atom. The van der Waals surface area contributed by atoms with Crippen molar-refractivity contribution in [3.05, 3.63) is 53.2 Å². The number of aromatic nitrogens is 1. The Kier molecular flexibility index (Phi) is 5.44. The number of ether oxygens (including phenoxy) is 1. The molecular weight excluding hydrogens is 302 g/mol. The van der Waals surface area contributed by atoms with Crippen LogP contribution in [0.1, 0.15) is 37.6 Å². The number of carbonyl (C=O) groups excluding carboxylic acids is 1. The number of pyridine rings is 1. The molecule has 1 heterocycles. The van der Waals surface area contributed by atoms with Crippen molar-refractivity contribution in [1.82, 2.24) is 10.3 Å². The number of aryl methyl sites for hydroxylation is 2. The lowest BCUT2D eigenvalue weighted by Gasteiger charge is -2.23. The third-order valence-electron chi connectivity index (χ3n) is 3.53. The van der Waals surface area contributed by atoms with Gasteiger partial charge in [-0.15, -0.1) is 0 Å². The van der Waals surface area contributed by atoms with Crippen LogP contribution in [0.4, 0.5) is 10.6 Å². The predicted octanol–water partition coefficient (Wildman–Crippen LogP) is 4.15. The summed E-state index contributed by atoms with van der Waals surface area (Å²) in [7, 11) is 0. The van der Waals surface area contributed by atoms with E-state index in [0.29, 0.717) is 5.82 Å². The Balaban J connectivity index is 1.93. The van der Waals surface area contributed by atoms with Gasteiger partial charge in [0.2, 0.25) is 0 Å². The number of rotatable bonds is 4. The van der Waals surface area contributed by atoms with Gasteiger partial charge in [-0.1, -0.05) is 44.5 Å². The third-order valence-corrected chi connectivity index (χ3v) is 3.53. The van der Waals surface area contributed by atoms with Crippen molar-refractivity contribution in [2.75, 3.05) is 12.0 Å². The molecular formula is C19H25N3O2. The average Bonchev–Trinajstić information content (AvgIpc) is 2.47. The Morgan fingerprint density at radius 3 is 2.58 bits per heavy atom. The minimum absolute atomic E-state index is 0.0326. The van der Waals surface area contributed by atoms with Crippen molar-refractivity contribution in [2.24, 2.45) is 0 Å². The summed E-state index contributed by atoms with van der Waals surface area (Å²) >= 11 is 0. The van der Waals surface area contributed by atoms with Crippen LogP contribution in [0.2, 0.25) is 0 Å². The zero-order valence-corrected chi connectivity index (χ0v) is 14.9. The van der Waals surface area contributed by atoms with Gasteiger partial charge in [0.15, 0.2) is 6.73 Å². The van der Waals surface area contributed by atoms with Gasteiger partial charge in [0, 0.05) is 5.69 Å². The Labute approximate surface area is 143 Å². The van der Waals surface area contributed by atoms with Crippen molar-refractivity contribution in [2.45, 2.75) is 40.0 Å². The van der Waals surface area contributed by atoms with Crippen LogP contribution in [0, 0.1) is 13.8 Å². The molecule has 0 saturated carbocycles. The maximum atomic E-state index is 11.9. The lowest BCUT2D eigenvalue weighted by atomic mass is 9.85. The summed E-state index contributed by atoms with van der Waals surface area (Å²) in [6, 6.07) is 11.2. The van der Waals surface area contributed by atoms with Crippen molar-refractivity contribution in [3.63, 3.8) is 0 Å². The summed E-state index contributed by atoms with van der Waals surface area (Å²) in [5.41, 5.74) is 3.11. The van der Waals surface area contributed by atoms with Crippen LogP contribution in [0.15, 0.2) is 36.4 Å².